The summed E-state index contributed by atoms with van der Waals surface area (Å²) in [6.07, 6.45) is 0. The number of carboxylic acids is 1. The Bertz CT molecular complexity index is 1300. The molecule has 8 nitrogen and oxygen atoms in total. The van der Waals surface area contributed by atoms with Crippen molar-refractivity contribution in [2.24, 2.45) is 7.05 Å². The lowest BCUT2D eigenvalue weighted by molar-refractivity contribution is 0.0697. The van der Waals surface area contributed by atoms with Crippen molar-refractivity contribution in [3.63, 3.8) is 0 Å². The number of aromatic nitrogens is 4. The van der Waals surface area contributed by atoms with Crippen molar-refractivity contribution in [3.05, 3.63) is 86.6 Å². The van der Waals surface area contributed by atoms with Gasteiger partial charge in [0.25, 0.3) is 5.56 Å². The minimum absolute atomic E-state index is 0.154. The van der Waals surface area contributed by atoms with Gasteiger partial charge in [-0.1, -0.05) is 42.5 Å². The third-order valence-corrected chi connectivity index (χ3v) is 4.59. The number of nitrogens with one attached hydrogen (secondary N) is 1. The second-order valence-electron chi connectivity index (χ2n) is 6.38. The molecule has 0 saturated heterocycles. The minimum Gasteiger partial charge on any atom is -0.478 e. The zero-order valence-electron chi connectivity index (χ0n) is 14.9. The standard InChI is InChI=1S/C20H16N4O4/c1-23-15-17(21-16(23)13-7-9-14(10-8-13)19(26)27)24(20(28)22-18(15)25)11-12-5-3-2-4-6-12/h2-10H,11H2,1H3,(H,26,27)(H,22,25,28). The molecule has 0 amide bonds. The molecule has 0 saturated carbocycles. The Balaban J connectivity index is 1.91. The van der Waals surface area contributed by atoms with Gasteiger partial charge in [-0.15, -0.1) is 0 Å². The molecule has 0 unspecified atom stereocenters. The van der Waals surface area contributed by atoms with Gasteiger partial charge < -0.3 is 9.67 Å². The van der Waals surface area contributed by atoms with Crippen LogP contribution in [0.3, 0.4) is 0 Å². The Morgan fingerprint density at radius 2 is 1.75 bits per heavy atom. The zero-order valence-corrected chi connectivity index (χ0v) is 14.9. The van der Waals surface area contributed by atoms with E-state index in [0.717, 1.165) is 5.56 Å². The molecule has 2 aromatic carbocycles. The molecule has 4 rings (SSSR count). The Morgan fingerprint density at radius 3 is 2.39 bits per heavy atom. The number of benzene rings is 2. The van der Waals surface area contributed by atoms with Crippen molar-refractivity contribution in [2.45, 2.75) is 6.54 Å². The first-order valence-corrected chi connectivity index (χ1v) is 8.53. The van der Waals surface area contributed by atoms with Crippen LogP contribution in [-0.2, 0) is 13.6 Å². The van der Waals surface area contributed by atoms with E-state index in [4.69, 9.17) is 5.11 Å². The highest BCUT2D eigenvalue weighted by atomic mass is 16.4. The Hall–Kier alpha value is -3.94. The molecule has 0 bridgehead atoms. The molecule has 0 fully saturated rings. The first-order chi connectivity index (χ1) is 13.5. The van der Waals surface area contributed by atoms with Crippen molar-refractivity contribution >= 4 is 17.1 Å². The van der Waals surface area contributed by atoms with Gasteiger partial charge in [-0.05, 0) is 17.7 Å². The third-order valence-electron chi connectivity index (χ3n) is 4.59. The van der Waals surface area contributed by atoms with E-state index in [9.17, 15) is 14.4 Å². The van der Waals surface area contributed by atoms with Gasteiger partial charge >= 0.3 is 11.7 Å². The van der Waals surface area contributed by atoms with E-state index in [0.29, 0.717) is 11.4 Å². The molecule has 2 N–H and O–H groups in total. The third kappa shape index (κ3) is 2.90. The molecular weight excluding hydrogens is 360 g/mol. The largest absolute Gasteiger partial charge is 0.478 e. The SMILES string of the molecule is Cn1c(-c2ccc(C(=O)O)cc2)nc2c1c(=O)[nH]c(=O)n2Cc1ccccc1. The van der Waals surface area contributed by atoms with Crippen molar-refractivity contribution in [2.75, 3.05) is 0 Å². The highest BCUT2D eigenvalue weighted by Gasteiger charge is 2.18. The smallest absolute Gasteiger partial charge is 0.335 e. The lowest BCUT2D eigenvalue weighted by Gasteiger charge is -2.06. The summed E-state index contributed by atoms with van der Waals surface area (Å²) in [5.74, 6) is -0.561. The number of aromatic carboxylic acids is 1. The van der Waals surface area contributed by atoms with Crippen molar-refractivity contribution in [1.29, 1.82) is 0 Å². The van der Waals surface area contributed by atoms with E-state index in [1.165, 1.54) is 16.7 Å². The molecule has 0 aliphatic heterocycles. The summed E-state index contributed by atoms with van der Waals surface area (Å²) >= 11 is 0. The molecule has 0 radical (unpaired) electrons. The van der Waals surface area contributed by atoms with E-state index < -0.39 is 17.2 Å². The fraction of sp³-hybridized carbons (Fsp3) is 0.100. The molecule has 4 aromatic rings. The van der Waals surface area contributed by atoms with Crippen LogP contribution in [0.4, 0.5) is 0 Å². The van der Waals surface area contributed by atoms with Gasteiger partial charge in [-0.2, -0.15) is 0 Å². The number of carbonyl (C=O) groups is 1. The number of aromatic amines is 1. The fourth-order valence-corrected chi connectivity index (χ4v) is 3.18. The maximum atomic E-state index is 12.4. The predicted octanol–water partition coefficient (Wildman–Crippen LogP) is 1.84. The van der Waals surface area contributed by atoms with Crippen molar-refractivity contribution in [1.82, 2.24) is 19.1 Å². The van der Waals surface area contributed by atoms with Gasteiger partial charge in [0, 0.05) is 12.6 Å². The minimum atomic E-state index is -1.02. The summed E-state index contributed by atoms with van der Waals surface area (Å²) in [5, 5.41) is 9.05. The van der Waals surface area contributed by atoms with Crippen LogP contribution in [0.5, 0.6) is 0 Å². The van der Waals surface area contributed by atoms with Gasteiger partial charge in [0.2, 0.25) is 0 Å². The molecule has 2 aromatic heterocycles. The topological polar surface area (TPSA) is 110 Å². The second-order valence-corrected chi connectivity index (χ2v) is 6.38. The molecule has 140 valence electrons. The van der Waals surface area contributed by atoms with Gasteiger partial charge in [-0.25, -0.2) is 14.6 Å². The summed E-state index contributed by atoms with van der Waals surface area (Å²) in [6.45, 7) is 0.265. The van der Waals surface area contributed by atoms with Gasteiger partial charge in [0.1, 0.15) is 5.82 Å². The zero-order chi connectivity index (χ0) is 19.8. The van der Waals surface area contributed by atoms with Gasteiger partial charge in [-0.3, -0.25) is 14.3 Å². The van der Waals surface area contributed by atoms with Crippen molar-refractivity contribution < 1.29 is 9.90 Å². The Morgan fingerprint density at radius 1 is 1.07 bits per heavy atom. The second kappa shape index (κ2) is 6.66. The number of H-pyrrole nitrogens is 1. The lowest BCUT2D eigenvalue weighted by atomic mass is 10.1. The molecular formula is C20H16N4O4. The number of carboxylic acid groups (broad SMARTS) is 1. The quantitative estimate of drug-likeness (QED) is 0.565. The average molecular weight is 376 g/mol. The van der Waals surface area contributed by atoms with E-state index in [2.05, 4.69) is 9.97 Å². The van der Waals surface area contributed by atoms with Crippen LogP contribution in [0.2, 0.25) is 0 Å². The fourth-order valence-electron chi connectivity index (χ4n) is 3.18. The number of hydrogen-bond acceptors (Lipinski definition) is 4. The average Bonchev–Trinajstić information content (AvgIpc) is 3.03. The number of nitrogens with zero attached hydrogens (tertiary/aromatic N) is 3. The number of imidazole rings is 1. The van der Waals surface area contributed by atoms with Crippen molar-refractivity contribution in [3.8, 4) is 11.4 Å². The van der Waals surface area contributed by atoms with Crippen LogP contribution in [0.1, 0.15) is 15.9 Å². The summed E-state index contributed by atoms with van der Waals surface area (Å²) in [6, 6.07) is 15.6. The molecule has 8 heteroatoms. The molecule has 0 aliphatic rings. The monoisotopic (exact) mass is 376 g/mol. The number of rotatable bonds is 4. The van der Waals surface area contributed by atoms with E-state index in [1.54, 1.807) is 23.7 Å². The van der Waals surface area contributed by atoms with Crippen LogP contribution in [-0.4, -0.2) is 30.2 Å². The van der Waals surface area contributed by atoms with E-state index in [1.807, 2.05) is 30.3 Å². The number of hydrogen-bond donors (Lipinski definition) is 2. The molecule has 2 heterocycles. The molecule has 28 heavy (non-hydrogen) atoms. The van der Waals surface area contributed by atoms with Crippen LogP contribution in [0.15, 0.2) is 64.2 Å². The maximum Gasteiger partial charge on any atom is 0.335 e. The highest BCUT2D eigenvalue weighted by Crippen LogP contribution is 2.22. The predicted molar refractivity (Wildman–Crippen MR) is 104 cm³/mol. The summed E-state index contributed by atoms with van der Waals surface area (Å²) in [5.41, 5.74) is 1.18. The van der Waals surface area contributed by atoms with Crippen LogP contribution in [0.25, 0.3) is 22.6 Å². The van der Waals surface area contributed by atoms with Gasteiger partial charge in [0.05, 0.1) is 12.1 Å². The number of aryl methyl sites for hydroxylation is 1. The van der Waals surface area contributed by atoms with Crippen LogP contribution >= 0.6 is 0 Å². The molecule has 0 spiro atoms. The summed E-state index contributed by atoms with van der Waals surface area (Å²) < 4.78 is 3.02. The first kappa shape index (κ1) is 17.5. The van der Waals surface area contributed by atoms with E-state index >= 15 is 0 Å². The Labute approximate surface area is 158 Å². The van der Waals surface area contributed by atoms with Crippen LogP contribution in [0, 0.1) is 0 Å². The molecule has 0 aliphatic carbocycles. The lowest BCUT2D eigenvalue weighted by Crippen LogP contribution is -2.31. The molecule has 0 atom stereocenters. The maximum absolute atomic E-state index is 12.4. The summed E-state index contributed by atoms with van der Waals surface area (Å²) in [4.78, 5) is 42.8. The highest BCUT2D eigenvalue weighted by molar-refractivity contribution is 5.88. The first-order valence-electron chi connectivity index (χ1n) is 8.53. The van der Waals surface area contributed by atoms with Gasteiger partial charge in [0.15, 0.2) is 11.2 Å². The number of fused-ring (bicyclic) bond motifs is 1. The van der Waals surface area contributed by atoms with Crippen LogP contribution < -0.4 is 11.2 Å². The normalized spacial score (nSPS) is 11.0. The summed E-state index contributed by atoms with van der Waals surface area (Å²) in [7, 11) is 1.68. The Kier molecular flexibility index (Phi) is 4.15. The van der Waals surface area contributed by atoms with E-state index in [-0.39, 0.29) is 23.3 Å².